The molecule has 0 aliphatic carbocycles. The van der Waals surface area contributed by atoms with Gasteiger partial charge < -0.3 is 9.84 Å². The van der Waals surface area contributed by atoms with Gasteiger partial charge in [-0.15, -0.1) is 0 Å². The van der Waals surface area contributed by atoms with Gasteiger partial charge in [-0.3, -0.25) is 19.5 Å². The van der Waals surface area contributed by atoms with Crippen molar-refractivity contribution in [2.45, 2.75) is 6.92 Å². The molecule has 2 N–H and O–H groups in total. The lowest BCUT2D eigenvalue weighted by Crippen LogP contribution is -2.17. The summed E-state index contributed by atoms with van der Waals surface area (Å²) in [5.41, 5.74) is 6.63. The van der Waals surface area contributed by atoms with Gasteiger partial charge in [0.2, 0.25) is 0 Å². The van der Waals surface area contributed by atoms with Crippen LogP contribution in [0.4, 0.5) is 4.79 Å². The number of aromatic nitrogens is 2. The van der Waals surface area contributed by atoms with Crippen molar-refractivity contribution in [2.24, 2.45) is 0 Å². The van der Waals surface area contributed by atoms with Crippen molar-refractivity contribution in [3.05, 3.63) is 113 Å². The van der Waals surface area contributed by atoms with E-state index in [2.05, 4.69) is 34.1 Å². The molecule has 0 unspecified atom stereocenters. The third kappa shape index (κ3) is 5.01. The van der Waals surface area contributed by atoms with E-state index in [0.29, 0.717) is 17.0 Å². The van der Waals surface area contributed by atoms with E-state index in [4.69, 9.17) is 9.72 Å². The highest BCUT2D eigenvalue weighted by Crippen LogP contribution is 2.42. The lowest BCUT2D eigenvalue weighted by molar-refractivity contribution is -0.115. The van der Waals surface area contributed by atoms with Crippen molar-refractivity contribution >= 4 is 29.0 Å². The summed E-state index contributed by atoms with van der Waals surface area (Å²) in [5.74, 6) is 0.174. The van der Waals surface area contributed by atoms with Crippen LogP contribution in [0.1, 0.15) is 11.1 Å². The Kier molecular flexibility index (Phi) is 6.91. The monoisotopic (exact) mass is 559 g/mol. The average Bonchev–Trinajstić information content (AvgIpc) is 3.54. The highest BCUT2D eigenvalue weighted by Gasteiger charge is 2.27. The van der Waals surface area contributed by atoms with E-state index in [1.807, 2.05) is 67.6 Å². The Morgan fingerprint density at radius 2 is 1.54 bits per heavy atom. The number of methoxy groups -OCH3 is 1. The zero-order valence-electron chi connectivity index (χ0n) is 22.3. The van der Waals surface area contributed by atoms with Crippen LogP contribution < -0.4 is 10.1 Å². The molecule has 202 valence electrons. The number of imidazole rings is 1. The standard InChI is InChI=1S/C33H25N3O4S/c1-20-13-15-25(16-14-20)36-29(22-11-7-4-8-12-22)28(21-9-5-3-6-10-21)34-31(36)24-17-23(30(37)26(18-24)40-2)19-27-32(38)35-33(39)41-27/h3-19,37H,1-2H3,(H,35,38,39)/b27-19-. The van der Waals surface area contributed by atoms with E-state index >= 15 is 0 Å². The maximum Gasteiger partial charge on any atom is 0.290 e. The minimum atomic E-state index is -0.511. The molecular formula is C33H25N3O4S. The zero-order chi connectivity index (χ0) is 28.5. The second-order valence-electron chi connectivity index (χ2n) is 9.50. The molecule has 0 bridgehead atoms. The van der Waals surface area contributed by atoms with Gasteiger partial charge in [0.15, 0.2) is 11.5 Å². The van der Waals surface area contributed by atoms with Crippen LogP contribution in [0, 0.1) is 6.92 Å². The van der Waals surface area contributed by atoms with E-state index in [1.165, 1.54) is 13.2 Å². The molecule has 1 aliphatic heterocycles. The van der Waals surface area contributed by atoms with Crippen molar-refractivity contribution in [1.82, 2.24) is 14.9 Å². The molecule has 6 rings (SSSR count). The number of phenolic OH excluding ortho intramolecular Hbond substituents is 1. The smallest absolute Gasteiger partial charge is 0.290 e. The molecule has 4 aromatic carbocycles. The molecular weight excluding hydrogens is 534 g/mol. The Morgan fingerprint density at radius 3 is 2.15 bits per heavy atom. The number of carbonyl (C=O) groups is 2. The normalized spacial score (nSPS) is 14.0. The molecule has 0 atom stereocenters. The molecule has 1 fully saturated rings. The first kappa shape index (κ1) is 26.2. The molecule has 0 saturated carbocycles. The molecule has 41 heavy (non-hydrogen) atoms. The number of aromatic hydroxyl groups is 1. The summed E-state index contributed by atoms with van der Waals surface area (Å²) in [6.07, 6.45) is 1.49. The van der Waals surface area contributed by atoms with E-state index in [1.54, 1.807) is 12.1 Å². The third-order valence-corrected chi connectivity index (χ3v) is 7.59. The first-order valence-corrected chi connectivity index (χ1v) is 13.7. The van der Waals surface area contributed by atoms with E-state index in [0.717, 1.165) is 45.5 Å². The summed E-state index contributed by atoms with van der Waals surface area (Å²) < 4.78 is 7.63. The zero-order valence-corrected chi connectivity index (χ0v) is 23.1. The molecule has 7 nitrogen and oxygen atoms in total. The molecule has 2 heterocycles. The van der Waals surface area contributed by atoms with Crippen molar-refractivity contribution in [2.75, 3.05) is 7.11 Å². The largest absolute Gasteiger partial charge is 0.504 e. The fourth-order valence-corrected chi connectivity index (χ4v) is 5.48. The summed E-state index contributed by atoms with van der Waals surface area (Å²) in [6, 6.07) is 31.7. The Hall–Kier alpha value is -5.08. The molecule has 1 saturated heterocycles. The van der Waals surface area contributed by atoms with E-state index < -0.39 is 11.1 Å². The molecule has 0 spiro atoms. The number of aryl methyl sites for hydroxylation is 1. The Bertz CT molecular complexity index is 1810. The predicted molar refractivity (Wildman–Crippen MR) is 162 cm³/mol. The topological polar surface area (TPSA) is 93.5 Å². The van der Waals surface area contributed by atoms with E-state index in [9.17, 15) is 14.7 Å². The molecule has 0 radical (unpaired) electrons. The lowest BCUT2D eigenvalue weighted by atomic mass is 10.0. The quantitative estimate of drug-likeness (QED) is 0.213. The highest BCUT2D eigenvalue weighted by molar-refractivity contribution is 8.18. The second-order valence-corrected chi connectivity index (χ2v) is 10.5. The van der Waals surface area contributed by atoms with Crippen molar-refractivity contribution in [1.29, 1.82) is 0 Å². The first-order valence-electron chi connectivity index (χ1n) is 12.9. The number of thioether (sulfide) groups is 1. The summed E-state index contributed by atoms with van der Waals surface area (Å²) in [4.78, 5) is 29.4. The number of nitrogens with one attached hydrogen (secondary N) is 1. The number of nitrogens with zero attached hydrogens (tertiary/aromatic N) is 2. The maximum atomic E-state index is 12.3. The lowest BCUT2D eigenvalue weighted by Gasteiger charge is -2.15. The number of imide groups is 1. The first-order chi connectivity index (χ1) is 19.9. The van der Waals surface area contributed by atoms with Crippen LogP contribution in [0.2, 0.25) is 0 Å². The van der Waals surface area contributed by atoms with Crippen LogP contribution in [0.15, 0.2) is 102 Å². The van der Waals surface area contributed by atoms with Crippen LogP contribution in [0.25, 0.3) is 45.7 Å². The van der Waals surface area contributed by atoms with Crippen molar-refractivity contribution in [3.63, 3.8) is 0 Å². The van der Waals surface area contributed by atoms with Gasteiger partial charge in [-0.2, -0.15) is 0 Å². The molecule has 2 amide bonds. The van der Waals surface area contributed by atoms with Crippen LogP contribution in [0.3, 0.4) is 0 Å². The number of benzene rings is 4. The van der Waals surface area contributed by atoms with Gasteiger partial charge >= 0.3 is 0 Å². The number of hydrogen-bond acceptors (Lipinski definition) is 6. The Labute approximate surface area is 241 Å². The number of hydrogen-bond donors (Lipinski definition) is 2. The minimum Gasteiger partial charge on any atom is -0.504 e. The number of rotatable bonds is 6. The molecule has 8 heteroatoms. The minimum absolute atomic E-state index is 0.142. The van der Waals surface area contributed by atoms with Gasteiger partial charge in [0, 0.05) is 27.9 Å². The van der Waals surface area contributed by atoms with Crippen LogP contribution in [-0.4, -0.2) is 32.9 Å². The van der Waals surface area contributed by atoms with Gasteiger partial charge in [-0.1, -0.05) is 78.4 Å². The van der Waals surface area contributed by atoms with Crippen LogP contribution >= 0.6 is 11.8 Å². The fourth-order valence-electron chi connectivity index (χ4n) is 4.81. The molecule has 1 aliphatic rings. The summed E-state index contributed by atoms with van der Waals surface area (Å²) in [7, 11) is 1.47. The van der Waals surface area contributed by atoms with Crippen LogP contribution in [-0.2, 0) is 4.79 Å². The third-order valence-electron chi connectivity index (χ3n) is 6.78. The highest BCUT2D eigenvalue weighted by atomic mass is 32.2. The van der Waals surface area contributed by atoms with Crippen molar-refractivity contribution in [3.8, 4) is 51.1 Å². The average molecular weight is 560 g/mol. The van der Waals surface area contributed by atoms with Gasteiger partial charge in [-0.25, -0.2) is 4.98 Å². The Balaban J connectivity index is 1.67. The van der Waals surface area contributed by atoms with E-state index in [-0.39, 0.29) is 16.4 Å². The van der Waals surface area contributed by atoms with Gasteiger partial charge in [0.25, 0.3) is 11.1 Å². The number of phenols is 1. The van der Waals surface area contributed by atoms with Gasteiger partial charge in [-0.05, 0) is 49.0 Å². The fraction of sp³-hybridized carbons (Fsp3) is 0.0606. The predicted octanol–water partition coefficient (Wildman–Crippen LogP) is 7.22. The summed E-state index contributed by atoms with van der Waals surface area (Å²) in [6.45, 7) is 2.04. The number of ether oxygens (including phenoxy) is 1. The van der Waals surface area contributed by atoms with Crippen molar-refractivity contribution < 1.29 is 19.4 Å². The summed E-state index contributed by atoms with van der Waals surface area (Å²) in [5, 5.41) is 12.8. The molecule has 1 aromatic heterocycles. The maximum absolute atomic E-state index is 12.3. The van der Waals surface area contributed by atoms with Crippen LogP contribution in [0.5, 0.6) is 11.5 Å². The molecule has 5 aromatic rings. The number of carbonyl (C=O) groups excluding carboxylic acids is 2. The summed E-state index contributed by atoms with van der Waals surface area (Å²) >= 11 is 0.784. The SMILES string of the molecule is COc1cc(-c2nc(-c3ccccc3)c(-c3ccccc3)n2-c2ccc(C)cc2)cc(/C=C2\SC(=O)NC2=O)c1O. The second kappa shape index (κ2) is 10.8. The van der Waals surface area contributed by atoms with Gasteiger partial charge in [0.1, 0.15) is 5.82 Å². The van der Waals surface area contributed by atoms with Gasteiger partial charge in [0.05, 0.1) is 23.4 Å². The Morgan fingerprint density at radius 1 is 0.878 bits per heavy atom. The number of amides is 2.